The molecule has 0 saturated carbocycles. The Bertz CT molecular complexity index is 731. The second-order valence-electron chi connectivity index (χ2n) is 5.33. The van der Waals surface area contributed by atoms with Crippen LogP contribution in [0.5, 0.6) is 0 Å². The normalized spacial score (nSPS) is 13.3. The summed E-state index contributed by atoms with van der Waals surface area (Å²) in [6, 6.07) is 14.2. The van der Waals surface area contributed by atoms with Crippen LogP contribution in [0.2, 0.25) is 0 Å². The molecule has 1 aliphatic heterocycles. The number of ether oxygens (including phenoxy) is 1. The Balaban J connectivity index is 1.78. The van der Waals surface area contributed by atoms with Crippen LogP contribution in [0.1, 0.15) is 17.5 Å². The molecule has 3 rings (SSSR count). The number of nitro benzene ring substituents is 1. The zero-order chi connectivity index (χ0) is 16.2. The van der Waals surface area contributed by atoms with Gasteiger partial charge in [-0.3, -0.25) is 15.0 Å². The average Bonchev–Trinajstić information content (AvgIpc) is 2.59. The van der Waals surface area contributed by atoms with Gasteiger partial charge in [0.25, 0.3) is 5.69 Å². The number of hydrogen-bond acceptors (Lipinski definition) is 4. The van der Waals surface area contributed by atoms with Crippen molar-refractivity contribution in [3.05, 3.63) is 69.8 Å². The topological polar surface area (TPSA) is 72.7 Å². The summed E-state index contributed by atoms with van der Waals surface area (Å²) >= 11 is 0. The summed E-state index contributed by atoms with van der Waals surface area (Å²) in [5, 5.41) is 11.1. The Kier molecular flexibility index (Phi) is 4.23. The highest BCUT2D eigenvalue weighted by molar-refractivity contribution is 5.90. The summed E-state index contributed by atoms with van der Waals surface area (Å²) in [6.07, 6.45) is 0.795. The number of fused-ring (bicyclic) bond motifs is 1. The van der Waals surface area contributed by atoms with Crippen LogP contribution in [-0.2, 0) is 17.8 Å². The highest BCUT2D eigenvalue weighted by Crippen LogP contribution is 2.34. The van der Waals surface area contributed by atoms with Crippen molar-refractivity contribution in [1.29, 1.82) is 0 Å². The Hall–Kier alpha value is -2.89. The predicted molar refractivity (Wildman–Crippen MR) is 85.4 cm³/mol. The van der Waals surface area contributed by atoms with Crippen LogP contribution >= 0.6 is 0 Å². The minimum absolute atomic E-state index is 0.0584. The molecule has 0 aromatic heterocycles. The lowest BCUT2D eigenvalue weighted by molar-refractivity contribution is -0.385. The fourth-order valence-corrected chi connectivity index (χ4v) is 2.76. The van der Waals surface area contributed by atoms with E-state index in [1.165, 1.54) is 11.0 Å². The Morgan fingerprint density at radius 2 is 1.96 bits per heavy atom. The molecule has 6 heteroatoms. The largest absolute Gasteiger partial charge is 0.444 e. The van der Waals surface area contributed by atoms with E-state index < -0.39 is 11.0 Å². The Morgan fingerprint density at radius 3 is 2.70 bits per heavy atom. The van der Waals surface area contributed by atoms with Gasteiger partial charge >= 0.3 is 6.09 Å². The van der Waals surface area contributed by atoms with Gasteiger partial charge in [0.15, 0.2) is 0 Å². The van der Waals surface area contributed by atoms with Crippen molar-refractivity contribution in [1.82, 2.24) is 0 Å². The standard InChI is InChI=1S/C17H16N2O4/c20-17(23-12-13-6-2-1-3-7-13)18-11-5-8-14-15(18)9-4-10-16(14)19(21)22/h1-4,6-7,9-10H,5,8,11-12H2. The van der Waals surface area contributed by atoms with Crippen LogP contribution in [0.4, 0.5) is 16.2 Å². The third-order valence-electron chi connectivity index (χ3n) is 3.85. The van der Waals surface area contributed by atoms with Gasteiger partial charge in [-0.2, -0.15) is 0 Å². The number of nitro groups is 1. The molecule has 23 heavy (non-hydrogen) atoms. The van der Waals surface area contributed by atoms with Gasteiger partial charge in [-0.25, -0.2) is 4.79 Å². The number of hydrogen-bond donors (Lipinski definition) is 0. The van der Waals surface area contributed by atoms with Crippen molar-refractivity contribution < 1.29 is 14.5 Å². The van der Waals surface area contributed by atoms with Gasteiger partial charge in [-0.15, -0.1) is 0 Å². The molecule has 2 aromatic rings. The van der Waals surface area contributed by atoms with E-state index in [2.05, 4.69) is 0 Å². The van der Waals surface area contributed by atoms with Crippen LogP contribution in [0, 0.1) is 10.1 Å². The quantitative estimate of drug-likeness (QED) is 0.640. The summed E-state index contributed by atoms with van der Waals surface area (Å²) in [7, 11) is 0. The maximum absolute atomic E-state index is 12.3. The molecule has 1 heterocycles. The number of carbonyl (C=O) groups excluding carboxylic acids is 1. The average molecular weight is 312 g/mol. The van der Waals surface area contributed by atoms with Crippen molar-refractivity contribution in [2.75, 3.05) is 11.4 Å². The molecule has 0 aliphatic carbocycles. The van der Waals surface area contributed by atoms with Crippen molar-refractivity contribution in [3.8, 4) is 0 Å². The van der Waals surface area contributed by atoms with Crippen molar-refractivity contribution in [2.24, 2.45) is 0 Å². The summed E-state index contributed by atoms with van der Waals surface area (Å²) in [5.74, 6) is 0. The molecule has 1 amide bonds. The zero-order valence-electron chi connectivity index (χ0n) is 12.5. The monoisotopic (exact) mass is 312 g/mol. The first kappa shape index (κ1) is 15.0. The summed E-state index contributed by atoms with van der Waals surface area (Å²) < 4.78 is 5.34. The maximum Gasteiger partial charge on any atom is 0.414 e. The molecule has 118 valence electrons. The minimum atomic E-state index is -0.477. The SMILES string of the molecule is O=C(OCc1ccccc1)N1CCCc2c1cccc2[N+](=O)[O-]. The Labute approximate surface area is 133 Å². The van der Waals surface area contributed by atoms with Crippen LogP contribution in [0.15, 0.2) is 48.5 Å². The van der Waals surface area contributed by atoms with Crippen LogP contribution in [0.3, 0.4) is 0 Å². The van der Waals surface area contributed by atoms with Gasteiger partial charge in [0.1, 0.15) is 6.61 Å². The van der Waals surface area contributed by atoms with Crippen LogP contribution < -0.4 is 4.90 Å². The lowest BCUT2D eigenvalue weighted by Gasteiger charge is -2.28. The molecule has 0 atom stereocenters. The molecule has 0 unspecified atom stereocenters. The Morgan fingerprint density at radius 1 is 1.17 bits per heavy atom. The third-order valence-corrected chi connectivity index (χ3v) is 3.85. The second kappa shape index (κ2) is 6.48. The molecule has 0 bridgehead atoms. The summed E-state index contributed by atoms with van der Waals surface area (Å²) in [6.45, 7) is 0.683. The van der Waals surface area contributed by atoms with Crippen LogP contribution in [0.25, 0.3) is 0 Å². The van der Waals surface area contributed by atoms with E-state index in [1.54, 1.807) is 12.1 Å². The highest BCUT2D eigenvalue weighted by atomic mass is 16.6. The van der Waals surface area contributed by atoms with Crippen molar-refractivity contribution >= 4 is 17.5 Å². The number of rotatable bonds is 3. The van der Waals surface area contributed by atoms with E-state index in [0.29, 0.717) is 30.6 Å². The van der Waals surface area contributed by atoms with E-state index >= 15 is 0 Å². The molecule has 0 spiro atoms. The van der Waals surface area contributed by atoms with E-state index in [1.807, 2.05) is 30.3 Å². The first-order chi connectivity index (χ1) is 11.2. The van der Waals surface area contributed by atoms with E-state index in [9.17, 15) is 14.9 Å². The number of benzene rings is 2. The minimum Gasteiger partial charge on any atom is -0.444 e. The molecular weight excluding hydrogens is 296 g/mol. The fraction of sp³-hybridized carbons (Fsp3) is 0.235. The second-order valence-corrected chi connectivity index (χ2v) is 5.33. The lowest BCUT2D eigenvalue weighted by atomic mass is 10.0. The number of carbonyl (C=O) groups is 1. The lowest BCUT2D eigenvalue weighted by Crippen LogP contribution is -2.36. The zero-order valence-corrected chi connectivity index (χ0v) is 12.5. The summed E-state index contributed by atoms with van der Waals surface area (Å²) in [5.41, 5.74) is 2.13. The van der Waals surface area contributed by atoms with E-state index in [0.717, 1.165) is 5.56 Å². The number of amides is 1. The predicted octanol–water partition coefficient (Wildman–Crippen LogP) is 3.68. The van der Waals surface area contributed by atoms with Gasteiger partial charge in [0.2, 0.25) is 0 Å². The number of nitrogens with zero attached hydrogens (tertiary/aromatic N) is 2. The van der Waals surface area contributed by atoms with Gasteiger partial charge in [-0.05, 0) is 24.5 Å². The molecule has 0 saturated heterocycles. The van der Waals surface area contributed by atoms with E-state index in [4.69, 9.17) is 4.74 Å². The molecule has 6 nitrogen and oxygen atoms in total. The molecule has 1 aliphatic rings. The highest BCUT2D eigenvalue weighted by Gasteiger charge is 2.28. The van der Waals surface area contributed by atoms with E-state index in [-0.39, 0.29) is 12.3 Å². The maximum atomic E-state index is 12.3. The van der Waals surface area contributed by atoms with Crippen LogP contribution in [-0.4, -0.2) is 17.6 Å². The van der Waals surface area contributed by atoms with Gasteiger partial charge in [0, 0.05) is 12.6 Å². The third kappa shape index (κ3) is 3.15. The molecule has 0 radical (unpaired) electrons. The molecule has 2 aromatic carbocycles. The molecular formula is C17H16N2O4. The first-order valence-corrected chi connectivity index (χ1v) is 7.41. The summed E-state index contributed by atoms with van der Waals surface area (Å²) in [4.78, 5) is 24.6. The smallest absolute Gasteiger partial charge is 0.414 e. The number of anilines is 1. The van der Waals surface area contributed by atoms with Gasteiger partial charge < -0.3 is 4.74 Å². The first-order valence-electron chi connectivity index (χ1n) is 7.41. The fourth-order valence-electron chi connectivity index (χ4n) is 2.76. The molecule has 0 N–H and O–H groups in total. The van der Waals surface area contributed by atoms with Gasteiger partial charge in [0.05, 0.1) is 16.2 Å². The van der Waals surface area contributed by atoms with Gasteiger partial charge in [-0.1, -0.05) is 36.4 Å². The van der Waals surface area contributed by atoms with Crippen molar-refractivity contribution in [2.45, 2.75) is 19.4 Å². The van der Waals surface area contributed by atoms with Crippen molar-refractivity contribution in [3.63, 3.8) is 0 Å². The molecule has 0 fully saturated rings.